The molecule has 0 radical (unpaired) electrons. The van der Waals surface area contributed by atoms with E-state index in [0.717, 1.165) is 12.0 Å². The molecule has 4 heteroatoms. The molecule has 3 nitrogen and oxygen atoms in total. The van der Waals surface area contributed by atoms with Gasteiger partial charge in [0.2, 0.25) is 0 Å². The molecule has 0 aromatic heterocycles. The minimum Gasteiger partial charge on any atom is -0.493 e. The highest BCUT2D eigenvalue weighted by atomic mass is 35.5. The Hall–Kier alpha value is -1.71. The quantitative estimate of drug-likeness (QED) is 0.936. The number of halogens is 1. The maximum absolute atomic E-state index is 6.45. The van der Waals surface area contributed by atoms with Crippen LogP contribution < -0.4 is 15.2 Å². The predicted molar refractivity (Wildman–Crippen MR) is 84.4 cm³/mol. The number of methoxy groups -OCH3 is 2. The second kappa shape index (κ2) is 5.58. The second-order valence-electron chi connectivity index (χ2n) is 5.26. The van der Waals surface area contributed by atoms with Gasteiger partial charge in [-0.05, 0) is 29.2 Å². The molecule has 0 aliphatic heterocycles. The standard InChI is InChI=1S/C17H18ClNO2/c1-20-15-8-13(14(18)9-16(15)21-2)17(19)12-7-10-5-3-4-6-11(10)12/h3-6,8-9,12,17H,7,19H2,1-2H3. The lowest BCUT2D eigenvalue weighted by atomic mass is 9.72. The first-order chi connectivity index (χ1) is 10.2. The molecule has 0 saturated carbocycles. The van der Waals surface area contributed by atoms with E-state index < -0.39 is 0 Å². The van der Waals surface area contributed by atoms with E-state index in [0.29, 0.717) is 22.4 Å². The average molecular weight is 304 g/mol. The summed E-state index contributed by atoms with van der Waals surface area (Å²) in [7, 11) is 3.20. The summed E-state index contributed by atoms with van der Waals surface area (Å²) in [6.45, 7) is 0. The highest BCUT2D eigenvalue weighted by Gasteiger charge is 2.32. The van der Waals surface area contributed by atoms with Crippen LogP contribution in [0.5, 0.6) is 11.5 Å². The van der Waals surface area contributed by atoms with Gasteiger partial charge in [-0.1, -0.05) is 35.9 Å². The second-order valence-corrected chi connectivity index (χ2v) is 5.67. The fraction of sp³-hybridized carbons (Fsp3) is 0.294. The molecular weight excluding hydrogens is 286 g/mol. The Bertz CT molecular complexity index is 672. The molecule has 2 unspecified atom stereocenters. The molecule has 0 heterocycles. The van der Waals surface area contributed by atoms with Crippen LogP contribution >= 0.6 is 11.6 Å². The lowest BCUT2D eigenvalue weighted by molar-refractivity contribution is 0.353. The number of fused-ring (bicyclic) bond motifs is 1. The van der Waals surface area contributed by atoms with Crippen LogP contribution in [0.25, 0.3) is 0 Å². The molecule has 0 saturated heterocycles. The average Bonchev–Trinajstić information content (AvgIpc) is 2.48. The SMILES string of the molecule is COc1cc(Cl)c(C(N)C2Cc3ccccc32)cc1OC. The van der Waals surface area contributed by atoms with Crippen molar-refractivity contribution in [2.24, 2.45) is 5.73 Å². The van der Waals surface area contributed by atoms with E-state index in [2.05, 4.69) is 18.2 Å². The van der Waals surface area contributed by atoms with E-state index in [1.807, 2.05) is 12.1 Å². The Morgan fingerprint density at radius 1 is 1.14 bits per heavy atom. The molecule has 0 spiro atoms. The number of hydrogen-bond acceptors (Lipinski definition) is 3. The van der Waals surface area contributed by atoms with Gasteiger partial charge < -0.3 is 15.2 Å². The first-order valence-corrected chi connectivity index (χ1v) is 7.28. The number of benzene rings is 2. The molecule has 2 aromatic carbocycles. The molecule has 3 rings (SSSR count). The van der Waals surface area contributed by atoms with Crippen LogP contribution in [-0.4, -0.2) is 14.2 Å². The van der Waals surface area contributed by atoms with Crippen molar-refractivity contribution in [1.82, 2.24) is 0 Å². The van der Waals surface area contributed by atoms with Gasteiger partial charge in [-0.3, -0.25) is 0 Å². The fourth-order valence-corrected chi connectivity index (χ4v) is 3.24. The van der Waals surface area contributed by atoms with Crippen molar-refractivity contribution in [2.75, 3.05) is 14.2 Å². The number of ether oxygens (including phenoxy) is 2. The molecule has 1 aliphatic rings. The van der Waals surface area contributed by atoms with Crippen LogP contribution in [0, 0.1) is 0 Å². The van der Waals surface area contributed by atoms with Crippen LogP contribution in [0.4, 0.5) is 0 Å². The monoisotopic (exact) mass is 303 g/mol. The largest absolute Gasteiger partial charge is 0.493 e. The molecule has 110 valence electrons. The molecule has 1 aliphatic carbocycles. The van der Waals surface area contributed by atoms with Gasteiger partial charge in [0.05, 0.1) is 14.2 Å². The Morgan fingerprint density at radius 2 is 1.81 bits per heavy atom. The Kier molecular flexibility index (Phi) is 3.79. The molecule has 0 fully saturated rings. The van der Waals surface area contributed by atoms with E-state index >= 15 is 0 Å². The molecule has 0 bridgehead atoms. The summed E-state index contributed by atoms with van der Waals surface area (Å²) in [5.41, 5.74) is 10.0. The van der Waals surface area contributed by atoms with Crippen LogP contribution in [0.2, 0.25) is 5.02 Å². The maximum Gasteiger partial charge on any atom is 0.162 e. The van der Waals surface area contributed by atoms with Crippen LogP contribution in [0.15, 0.2) is 36.4 Å². The summed E-state index contributed by atoms with van der Waals surface area (Å²) >= 11 is 6.37. The highest BCUT2D eigenvalue weighted by Crippen LogP contribution is 2.45. The predicted octanol–water partition coefficient (Wildman–Crippen LogP) is 3.70. The van der Waals surface area contributed by atoms with Crippen LogP contribution in [-0.2, 0) is 6.42 Å². The number of hydrogen-bond donors (Lipinski definition) is 1. The zero-order valence-electron chi connectivity index (χ0n) is 12.1. The lowest BCUT2D eigenvalue weighted by Crippen LogP contribution is -2.29. The summed E-state index contributed by atoms with van der Waals surface area (Å²) in [4.78, 5) is 0. The summed E-state index contributed by atoms with van der Waals surface area (Å²) in [6.07, 6.45) is 0.988. The van der Waals surface area contributed by atoms with Crippen molar-refractivity contribution in [3.8, 4) is 11.5 Å². The van der Waals surface area contributed by atoms with E-state index in [9.17, 15) is 0 Å². The Balaban J connectivity index is 1.94. The van der Waals surface area contributed by atoms with Crippen molar-refractivity contribution < 1.29 is 9.47 Å². The smallest absolute Gasteiger partial charge is 0.162 e. The van der Waals surface area contributed by atoms with Crippen molar-refractivity contribution in [1.29, 1.82) is 0 Å². The first kappa shape index (κ1) is 14.2. The third-order valence-corrected chi connectivity index (χ3v) is 4.52. The first-order valence-electron chi connectivity index (χ1n) is 6.90. The maximum atomic E-state index is 6.45. The summed E-state index contributed by atoms with van der Waals surface area (Å²) in [6, 6.07) is 11.9. The fourth-order valence-electron chi connectivity index (χ4n) is 2.96. The third-order valence-electron chi connectivity index (χ3n) is 4.19. The van der Waals surface area contributed by atoms with Gasteiger partial charge in [0, 0.05) is 23.0 Å². The van der Waals surface area contributed by atoms with E-state index in [1.165, 1.54) is 11.1 Å². The van der Waals surface area contributed by atoms with Crippen molar-refractivity contribution in [3.05, 3.63) is 58.1 Å². The zero-order chi connectivity index (χ0) is 15.0. The topological polar surface area (TPSA) is 44.5 Å². The minimum absolute atomic E-state index is 0.146. The lowest BCUT2D eigenvalue weighted by Gasteiger charge is -2.35. The van der Waals surface area contributed by atoms with Gasteiger partial charge in [0.25, 0.3) is 0 Å². The van der Waals surface area contributed by atoms with E-state index in [-0.39, 0.29) is 6.04 Å². The van der Waals surface area contributed by atoms with Gasteiger partial charge in [-0.15, -0.1) is 0 Å². The molecule has 2 aromatic rings. The number of rotatable bonds is 4. The van der Waals surface area contributed by atoms with Crippen molar-refractivity contribution >= 4 is 11.6 Å². The Morgan fingerprint density at radius 3 is 2.48 bits per heavy atom. The van der Waals surface area contributed by atoms with Crippen molar-refractivity contribution in [3.63, 3.8) is 0 Å². The summed E-state index contributed by atoms with van der Waals surface area (Å²) < 4.78 is 10.6. The van der Waals surface area contributed by atoms with Gasteiger partial charge >= 0.3 is 0 Å². The normalized spacial score (nSPS) is 17.6. The van der Waals surface area contributed by atoms with E-state index in [4.69, 9.17) is 26.8 Å². The number of nitrogens with two attached hydrogens (primary N) is 1. The zero-order valence-corrected chi connectivity index (χ0v) is 12.9. The highest BCUT2D eigenvalue weighted by molar-refractivity contribution is 6.31. The van der Waals surface area contributed by atoms with Crippen LogP contribution in [0.3, 0.4) is 0 Å². The molecule has 21 heavy (non-hydrogen) atoms. The third kappa shape index (κ3) is 2.37. The van der Waals surface area contributed by atoms with Crippen LogP contribution in [0.1, 0.15) is 28.7 Å². The summed E-state index contributed by atoms with van der Waals surface area (Å²) in [5, 5.41) is 0.615. The molecule has 2 atom stereocenters. The van der Waals surface area contributed by atoms with E-state index in [1.54, 1.807) is 20.3 Å². The van der Waals surface area contributed by atoms with Gasteiger partial charge in [-0.25, -0.2) is 0 Å². The van der Waals surface area contributed by atoms with Gasteiger partial charge in [0.1, 0.15) is 0 Å². The Labute approximate surface area is 129 Å². The molecule has 2 N–H and O–H groups in total. The molecular formula is C17H18ClNO2. The van der Waals surface area contributed by atoms with Crippen molar-refractivity contribution in [2.45, 2.75) is 18.4 Å². The van der Waals surface area contributed by atoms with Gasteiger partial charge in [0.15, 0.2) is 11.5 Å². The minimum atomic E-state index is -0.146. The summed E-state index contributed by atoms with van der Waals surface area (Å²) in [5.74, 6) is 1.57. The molecule has 0 amide bonds. The van der Waals surface area contributed by atoms with Gasteiger partial charge in [-0.2, -0.15) is 0 Å².